The molecule has 0 N–H and O–H groups in total. The first-order valence-electron chi connectivity index (χ1n) is 8.12. The number of esters is 1. The second-order valence-electron chi connectivity index (χ2n) is 5.56. The molecule has 5 heteroatoms. The molecule has 1 aliphatic rings. The Morgan fingerprint density at radius 2 is 1.86 bits per heavy atom. The van der Waals surface area contributed by atoms with Crippen LogP contribution in [-0.2, 0) is 19.1 Å². The number of rotatable bonds is 9. The molecule has 0 aromatic heterocycles. The van der Waals surface area contributed by atoms with Crippen molar-refractivity contribution in [1.29, 1.82) is 0 Å². The van der Waals surface area contributed by atoms with Crippen LogP contribution in [0.4, 0.5) is 0 Å². The molecule has 0 atom stereocenters. The monoisotopic (exact) mass is 299 g/mol. The molecule has 0 spiro atoms. The van der Waals surface area contributed by atoms with Gasteiger partial charge in [0.1, 0.15) is 0 Å². The molecule has 1 fully saturated rings. The summed E-state index contributed by atoms with van der Waals surface area (Å²) in [4.78, 5) is 25.9. The van der Waals surface area contributed by atoms with Crippen molar-refractivity contribution in [3.05, 3.63) is 0 Å². The van der Waals surface area contributed by atoms with Crippen molar-refractivity contribution in [3.8, 4) is 0 Å². The zero-order valence-corrected chi connectivity index (χ0v) is 13.4. The molecular weight excluding hydrogens is 270 g/mol. The van der Waals surface area contributed by atoms with Gasteiger partial charge in [0, 0.05) is 32.7 Å². The predicted molar refractivity (Wildman–Crippen MR) is 80.9 cm³/mol. The highest BCUT2D eigenvalue weighted by Crippen LogP contribution is 2.25. The molecule has 0 aromatic carbocycles. The van der Waals surface area contributed by atoms with Gasteiger partial charge in [0.2, 0.25) is 5.91 Å². The highest BCUT2D eigenvalue weighted by atomic mass is 16.5. The fraction of sp³-hybridized carbons (Fsp3) is 0.875. The van der Waals surface area contributed by atoms with E-state index in [1.165, 1.54) is 6.42 Å². The largest absolute Gasteiger partial charge is 0.466 e. The molecule has 0 radical (unpaired) electrons. The summed E-state index contributed by atoms with van der Waals surface area (Å²) in [6.45, 7) is 3.93. The summed E-state index contributed by atoms with van der Waals surface area (Å²) in [5, 5.41) is 0. The van der Waals surface area contributed by atoms with Crippen LogP contribution in [0.5, 0.6) is 0 Å². The van der Waals surface area contributed by atoms with Crippen LogP contribution in [0.2, 0.25) is 0 Å². The maximum absolute atomic E-state index is 12.6. The normalized spacial score (nSPS) is 15.7. The predicted octanol–water partition coefficient (Wildman–Crippen LogP) is 2.38. The molecule has 1 saturated carbocycles. The van der Waals surface area contributed by atoms with Crippen molar-refractivity contribution in [2.45, 2.75) is 51.9 Å². The number of ether oxygens (including phenoxy) is 2. The highest BCUT2D eigenvalue weighted by molar-refractivity contribution is 5.79. The minimum Gasteiger partial charge on any atom is -0.466 e. The third-order valence-corrected chi connectivity index (χ3v) is 3.93. The first-order valence-corrected chi connectivity index (χ1v) is 8.12. The van der Waals surface area contributed by atoms with Crippen LogP contribution in [0.3, 0.4) is 0 Å². The number of carbonyl (C=O) groups is 2. The summed E-state index contributed by atoms with van der Waals surface area (Å²) in [6, 6.07) is 0. The zero-order valence-electron chi connectivity index (χ0n) is 13.4. The number of methoxy groups -OCH3 is 1. The van der Waals surface area contributed by atoms with Crippen molar-refractivity contribution in [1.82, 2.24) is 4.90 Å². The van der Waals surface area contributed by atoms with Crippen LogP contribution in [0.1, 0.15) is 51.9 Å². The van der Waals surface area contributed by atoms with Crippen LogP contribution in [-0.4, -0.2) is 50.2 Å². The van der Waals surface area contributed by atoms with Crippen LogP contribution in [0, 0.1) is 5.92 Å². The van der Waals surface area contributed by atoms with Gasteiger partial charge in [0.05, 0.1) is 13.0 Å². The van der Waals surface area contributed by atoms with Crippen LogP contribution in [0.25, 0.3) is 0 Å². The van der Waals surface area contributed by atoms with E-state index in [1.54, 1.807) is 14.0 Å². The highest BCUT2D eigenvalue weighted by Gasteiger charge is 2.26. The van der Waals surface area contributed by atoms with Gasteiger partial charge in [-0.2, -0.15) is 0 Å². The average Bonchev–Trinajstić information content (AvgIpc) is 2.51. The minimum absolute atomic E-state index is 0.142. The van der Waals surface area contributed by atoms with Crippen molar-refractivity contribution >= 4 is 11.9 Å². The fourth-order valence-corrected chi connectivity index (χ4v) is 2.80. The Hall–Kier alpha value is -1.10. The zero-order chi connectivity index (χ0) is 15.5. The molecule has 0 bridgehead atoms. The minimum atomic E-state index is -0.231. The molecule has 5 nitrogen and oxygen atoms in total. The second kappa shape index (κ2) is 10.6. The first-order chi connectivity index (χ1) is 10.2. The smallest absolute Gasteiger partial charge is 0.307 e. The summed E-state index contributed by atoms with van der Waals surface area (Å²) < 4.78 is 9.99. The fourth-order valence-electron chi connectivity index (χ4n) is 2.80. The summed E-state index contributed by atoms with van der Waals surface area (Å²) in [5.74, 6) is 0.115. The van der Waals surface area contributed by atoms with E-state index in [4.69, 9.17) is 9.47 Å². The molecule has 0 aliphatic heterocycles. The molecule has 1 amide bonds. The summed E-state index contributed by atoms with van der Waals surface area (Å²) >= 11 is 0. The van der Waals surface area contributed by atoms with Gasteiger partial charge in [0.15, 0.2) is 0 Å². The third-order valence-electron chi connectivity index (χ3n) is 3.93. The van der Waals surface area contributed by atoms with Gasteiger partial charge in [-0.15, -0.1) is 0 Å². The second-order valence-corrected chi connectivity index (χ2v) is 5.56. The Morgan fingerprint density at radius 3 is 2.48 bits per heavy atom. The number of nitrogens with zero attached hydrogens (tertiary/aromatic N) is 1. The van der Waals surface area contributed by atoms with Crippen molar-refractivity contribution in [2.75, 3.05) is 33.4 Å². The lowest BCUT2D eigenvalue weighted by atomic mass is 9.88. The van der Waals surface area contributed by atoms with Crippen molar-refractivity contribution < 1.29 is 19.1 Å². The Kier molecular flexibility index (Phi) is 9.06. The Labute approximate surface area is 128 Å². The molecule has 0 heterocycles. The van der Waals surface area contributed by atoms with E-state index >= 15 is 0 Å². The van der Waals surface area contributed by atoms with Gasteiger partial charge in [-0.25, -0.2) is 0 Å². The lowest BCUT2D eigenvalue weighted by Gasteiger charge is -2.29. The molecule has 122 valence electrons. The molecule has 0 aromatic rings. The summed E-state index contributed by atoms with van der Waals surface area (Å²) in [6.07, 6.45) is 6.56. The van der Waals surface area contributed by atoms with E-state index < -0.39 is 0 Å². The number of hydrogen-bond acceptors (Lipinski definition) is 4. The first kappa shape index (κ1) is 18.0. The van der Waals surface area contributed by atoms with E-state index in [0.717, 1.165) is 32.1 Å². The maximum Gasteiger partial charge on any atom is 0.307 e. The Bertz CT molecular complexity index is 313. The number of hydrogen-bond donors (Lipinski definition) is 0. The van der Waals surface area contributed by atoms with Crippen molar-refractivity contribution in [3.63, 3.8) is 0 Å². The van der Waals surface area contributed by atoms with E-state index in [1.807, 2.05) is 4.90 Å². The van der Waals surface area contributed by atoms with E-state index in [2.05, 4.69) is 0 Å². The van der Waals surface area contributed by atoms with Gasteiger partial charge in [-0.05, 0) is 26.2 Å². The quantitative estimate of drug-likeness (QED) is 0.484. The van der Waals surface area contributed by atoms with E-state index in [0.29, 0.717) is 26.3 Å². The van der Waals surface area contributed by atoms with E-state index in [-0.39, 0.29) is 24.2 Å². The van der Waals surface area contributed by atoms with Gasteiger partial charge in [-0.1, -0.05) is 19.3 Å². The maximum atomic E-state index is 12.6. The van der Waals surface area contributed by atoms with Gasteiger partial charge in [-0.3, -0.25) is 9.59 Å². The van der Waals surface area contributed by atoms with Crippen molar-refractivity contribution in [2.24, 2.45) is 5.92 Å². The molecule has 0 saturated heterocycles. The standard InChI is InChI=1S/C16H29NO4/c1-3-21-15(18)10-12-17(11-7-13-20-2)16(19)14-8-5-4-6-9-14/h14H,3-13H2,1-2H3. The van der Waals surface area contributed by atoms with Crippen LogP contribution >= 0.6 is 0 Å². The molecule has 1 aliphatic carbocycles. The number of carbonyl (C=O) groups excluding carboxylic acids is 2. The molecular formula is C16H29NO4. The Balaban J connectivity index is 2.48. The van der Waals surface area contributed by atoms with Crippen LogP contribution in [0.15, 0.2) is 0 Å². The summed E-state index contributed by atoms with van der Waals surface area (Å²) in [7, 11) is 1.66. The molecule has 0 unspecified atom stereocenters. The van der Waals surface area contributed by atoms with Gasteiger partial charge in [0.25, 0.3) is 0 Å². The molecule has 21 heavy (non-hydrogen) atoms. The summed E-state index contributed by atoms with van der Waals surface area (Å²) in [5.41, 5.74) is 0. The average molecular weight is 299 g/mol. The topological polar surface area (TPSA) is 55.8 Å². The van der Waals surface area contributed by atoms with Gasteiger partial charge >= 0.3 is 5.97 Å². The lowest BCUT2D eigenvalue weighted by Crippen LogP contribution is -2.39. The lowest BCUT2D eigenvalue weighted by molar-refractivity contribution is -0.144. The SMILES string of the molecule is CCOC(=O)CCN(CCCOC)C(=O)C1CCCCC1. The Morgan fingerprint density at radius 1 is 1.14 bits per heavy atom. The van der Waals surface area contributed by atoms with Crippen LogP contribution < -0.4 is 0 Å². The number of amides is 1. The van der Waals surface area contributed by atoms with Gasteiger partial charge < -0.3 is 14.4 Å². The molecule has 1 rings (SSSR count). The van der Waals surface area contributed by atoms with E-state index in [9.17, 15) is 9.59 Å². The third kappa shape index (κ3) is 6.93.